The molecule has 0 spiro atoms. The minimum absolute atomic E-state index is 0. The van der Waals surface area contributed by atoms with Crippen LogP contribution in [0, 0.1) is 30.7 Å². The largest absolute Gasteiger partial charge is 0.512 e. The summed E-state index contributed by atoms with van der Waals surface area (Å²) in [6, 6.07) is 10.9. The van der Waals surface area contributed by atoms with Gasteiger partial charge in [0, 0.05) is 54.3 Å². The molecule has 2 heterocycles. The molecule has 0 bridgehead atoms. The number of rotatable bonds is 7. The molecule has 0 saturated heterocycles. The van der Waals surface area contributed by atoms with Crippen molar-refractivity contribution in [3.05, 3.63) is 65.8 Å². The van der Waals surface area contributed by atoms with Gasteiger partial charge in [-0.05, 0) is 25.0 Å². The van der Waals surface area contributed by atoms with Gasteiger partial charge in [0.1, 0.15) is 5.76 Å². The van der Waals surface area contributed by atoms with Gasteiger partial charge in [-0.2, -0.15) is 17.2 Å². The molecule has 0 unspecified atom stereocenters. The number of ether oxygens (including phenoxy) is 1. The molecule has 0 aliphatic heterocycles. The molecule has 0 aliphatic carbocycles. The molecule has 1 N–H and O–H groups in total. The first-order valence-electron chi connectivity index (χ1n) is 11.4. The van der Waals surface area contributed by atoms with Crippen LogP contribution in [0.1, 0.15) is 65.5 Å². The number of hydrogen-bond acceptors (Lipinski definition) is 5. The maximum absolute atomic E-state index is 11.8. The van der Waals surface area contributed by atoms with Gasteiger partial charge in [0.05, 0.1) is 6.26 Å². The Morgan fingerprint density at radius 3 is 2.35 bits per heavy atom. The zero-order valence-electron chi connectivity index (χ0n) is 21.4. The van der Waals surface area contributed by atoms with Crippen molar-refractivity contribution >= 4 is 16.8 Å². The number of benzene rings is 1. The molecule has 1 aromatic carbocycles. The maximum atomic E-state index is 11.8. The fraction of sp³-hybridized carbons (Fsp3) is 0.429. The summed E-state index contributed by atoms with van der Waals surface area (Å²) >= 11 is 0. The van der Waals surface area contributed by atoms with Gasteiger partial charge in [0.15, 0.2) is 11.4 Å². The van der Waals surface area contributed by atoms with Crippen LogP contribution in [-0.4, -0.2) is 15.9 Å². The number of pyridine rings is 1. The van der Waals surface area contributed by atoms with E-state index in [1.807, 2.05) is 79.7 Å². The molecule has 0 aliphatic rings. The predicted molar refractivity (Wildman–Crippen MR) is 133 cm³/mol. The van der Waals surface area contributed by atoms with Gasteiger partial charge < -0.3 is 14.3 Å². The molecule has 1 radical (unpaired) electrons. The van der Waals surface area contributed by atoms with Crippen molar-refractivity contribution < 1.29 is 39.2 Å². The fourth-order valence-corrected chi connectivity index (χ4v) is 2.83. The smallest absolute Gasteiger partial charge is 0.261 e. The number of aliphatic hydroxyl groups excluding tert-OH is 1. The number of nitrogens with zero attached hydrogens (tertiary/aromatic N) is 1. The van der Waals surface area contributed by atoms with Crippen molar-refractivity contribution in [3.8, 4) is 11.6 Å². The monoisotopic (exact) mass is 643 g/mol. The van der Waals surface area contributed by atoms with E-state index in [2.05, 4.69) is 11.1 Å². The van der Waals surface area contributed by atoms with Crippen molar-refractivity contribution in [2.45, 2.75) is 68.2 Å². The van der Waals surface area contributed by atoms with Crippen LogP contribution in [-0.2, 0) is 24.9 Å². The van der Waals surface area contributed by atoms with E-state index >= 15 is 0 Å². The maximum Gasteiger partial charge on any atom is 0.261 e. The number of carbonyl (C=O) groups excluding carboxylic acids is 1. The molecular weight excluding hydrogens is 607 g/mol. The van der Waals surface area contributed by atoms with Crippen molar-refractivity contribution in [1.82, 2.24) is 4.98 Å². The molecule has 187 valence electrons. The van der Waals surface area contributed by atoms with Gasteiger partial charge >= 0.3 is 0 Å². The number of aryl methyl sites for hydroxylation is 2. The second-order valence-electron chi connectivity index (χ2n) is 9.63. The van der Waals surface area contributed by atoms with Gasteiger partial charge in [-0.3, -0.25) is 4.79 Å². The number of aromatic nitrogens is 1. The van der Waals surface area contributed by atoms with E-state index in [1.165, 1.54) is 6.08 Å². The summed E-state index contributed by atoms with van der Waals surface area (Å²) in [6.07, 6.45) is 6.32. The summed E-state index contributed by atoms with van der Waals surface area (Å²) in [6.45, 7) is 15.7. The SMILES string of the molecule is CCC(C)(C)C(=O)/C=C(\O)C(C)(C)CC.Cc1[c-]c(Oc2nccc3ccoc23)cc(C)c1.[Ir]. The Hall–Kier alpha value is -2.43. The van der Waals surface area contributed by atoms with Crippen LogP contribution >= 0.6 is 0 Å². The number of furan rings is 1. The third kappa shape index (κ3) is 7.82. The van der Waals surface area contributed by atoms with E-state index in [-0.39, 0.29) is 42.5 Å². The molecule has 0 amide bonds. The molecule has 0 saturated carbocycles. The summed E-state index contributed by atoms with van der Waals surface area (Å²) in [5, 5.41) is 10.8. The Morgan fingerprint density at radius 2 is 1.76 bits per heavy atom. The minimum atomic E-state index is -0.377. The summed E-state index contributed by atoms with van der Waals surface area (Å²) in [7, 11) is 0. The first-order valence-corrected chi connectivity index (χ1v) is 11.4. The van der Waals surface area contributed by atoms with Crippen LogP contribution in [0.3, 0.4) is 0 Å². The Kier molecular flexibility index (Phi) is 10.7. The third-order valence-corrected chi connectivity index (χ3v) is 6.06. The van der Waals surface area contributed by atoms with E-state index in [9.17, 15) is 9.90 Å². The van der Waals surface area contributed by atoms with Gasteiger partial charge in [0.2, 0.25) is 0 Å². The van der Waals surface area contributed by atoms with E-state index in [0.29, 0.717) is 17.2 Å². The molecule has 5 nitrogen and oxygen atoms in total. The Morgan fingerprint density at radius 1 is 1.12 bits per heavy atom. The van der Waals surface area contributed by atoms with E-state index < -0.39 is 0 Å². The Balaban J connectivity index is 0.000000338. The molecule has 3 aromatic rings. The first-order chi connectivity index (χ1) is 15.4. The van der Waals surface area contributed by atoms with Gasteiger partial charge in [-0.15, -0.1) is 12.1 Å². The molecule has 6 heteroatoms. The summed E-state index contributed by atoms with van der Waals surface area (Å²) < 4.78 is 11.1. The normalized spacial score (nSPS) is 11.9. The number of allylic oxidation sites excluding steroid dienone is 2. The zero-order chi connectivity index (χ0) is 24.8. The standard InChI is InChI=1S/C15H12NO2.C13H24O2.Ir/c1-10-7-11(2)9-13(8-10)18-15-14-12(3-5-16-15)4-6-17-14;1-7-12(3,4)10(14)9-11(15)13(5,6)8-2;/h3-8H,1-2H3;9,14H,7-8H2,1-6H3;/q-1;;/b;10-9-;. The Labute approximate surface area is 217 Å². The third-order valence-electron chi connectivity index (χ3n) is 6.06. The molecule has 34 heavy (non-hydrogen) atoms. The molecule has 3 rings (SSSR count). The summed E-state index contributed by atoms with van der Waals surface area (Å²) in [4.78, 5) is 16.0. The van der Waals surface area contributed by atoms with Crippen LogP contribution in [0.5, 0.6) is 11.6 Å². The van der Waals surface area contributed by atoms with Gasteiger partial charge in [-0.1, -0.05) is 55.4 Å². The molecule has 0 fully saturated rings. The summed E-state index contributed by atoms with van der Waals surface area (Å²) in [5.74, 6) is 1.32. The topological polar surface area (TPSA) is 72.6 Å². The molecule has 0 atom stereocenters. The van der Waals surface area contributed by atoms with E-state index in [1.54, 1.807) is 12.5 Å². The quantitative estimate of drug-likeness (QED) is 0.161. The van der Waals surface area contributed by atoms with Crippen LogP contribution in [0.2, 0.25) is 0 Å². The van der Waals surface area contributed by atoms with Gasteiger partial charge in [0.25, 0.3) is 5.88 Å². The van der Waals surface area contributed by atoms with Crippen molar-refractivity contribution in [3.63, 3.8) is 0 Å². The minimum Gasteiger partial charge on any atom is -0.512 e. The molecular formula is C28H36IrNO4-. The number of ketones is 1. The number of aliphatic hydroxyl groups is 1. The number of carbonyl (C=O) groups is 1. The Bertz CT molecular complexity index is 1110. The number of fused-ring (bicyclic) bond motifs is 1. The van der Waals surface area contributed by atoms with Crippen LogP contribution in [0.25, 0.3) is 11.0 Å². The average molecular weight is 643 g/mol. The van der Waals surface area contributed by atoms with Crippen LogP contribution < -0.4 is 4.74 Å². The fourth-order valence-electron chi connectivity index (χ4n) is 2.83. The molecule has 2 aromatic heterocycles. The van der Waals surface area contributed by atoms with E-state index in [4.69, 9.17) is 9.15 Å². The van der Waals surface area contributed by atoms with Crippen LogP contribution in [0.15, 0.2) is 53.0 Å². The summed E-state index contributed by atoms with van der Waals surface area (Å²) in [5.41, 5.74) is 2.15. The second kappa shape index (κ2) is 12.3. The zero-order valence-corrected chi connectivity index (χ0v) is 23.8. The average Bonchev–Trinajstić information content (AvgIpc) is 3.23. The first kappa shape index (κ1) is 29.6. The number of hydrogen-bond donors (Lipinski definition) is 1. The second-order valence-corrected chi connectivity index (χ2v) is 9.63. The van der Waals surface area contributed by atoms with Gasteiger partial charge in [-0.25, -0.2) is 4.98 Å². The van der Waals surface area contributed by atoms with E-state index in [0.717, 1.165) is 29.4 Å². The van der Waals surface area contributed by atoms with Crippen molar-refractivity contribution in [1.29, 1.82) is 0 Å². The van der Waals surface area contributed by atoms with Crippen molar-refractivity contribution in [2.75, 3.05) is 0 Å². The predicted octanol–water partition coefficient (Wildman–Crippen LogP) is 7.90. The van der Waals surface area contributed by atoms with Crippen molar-refractivity contribution in [2.24, 2.45) is 10.8 Å². The van der Waals surface area contributed by atoms with Crippen LogP contribution in [0.4, 0.5) is 0 Å².